The van der Waals surface area contributed by atoms with E-state index in [2.05, 4.69) is 5.32 Å². The average molecular weight is 620 g/mol. The van der Waals surface area contributed by atoms with Gasteiger partial charge >= 0.3 is 0 Å². The van der Waals surface area contributed by atoms with Crippen LogP contribution in [0.25, 0.3) is 10.8 Å². The predicted molar refractivity (Wildman–Crippen MR) is 169 cm³/mol. The quantitative estimate of drug-likeness (QED) is 0.167. The Morgan fingerprint density at radius 2 is 1.14 bits per heavy atom. The van der Waals surface area contributed by atoms with Gasteiger partial charge in [-0.1, -0.05) is 78.9 Å². The monoisotopic (exact) mass is 618 g/mol. The van der Waals surface area contributed by atoms with Gasteiger partial charge in [0.05, 0.1) is 11.8 Å². The van der Waals surface area contributed by atoms with Gasteiger partial charge in [0.1, 0.15) is 27.8 Å². The molecule has 9 rings (SSSR count). The number of halogens is 2. The molecule has 3 amide bonds. The molecule has 44 heavy (non-hydrogen) atoms. The number of nitrogens with one attached hydrogen (secondary N) is 1. The van der Waals surface area contributed by atoms with E-state index >= 15 is 0 Å². The number of alkyl halides is 2. The molecule has 5 aromatic rings. The van der Waals surface area contributed by atoms with Gasteiger partial charge in [-0.15, -0.1) is 23.2 Å². The molecule has 0 spiro atoms. The molecular weight excluding hydrogens is 595 g/mol. The molecule has 5 aromatic carbocycles. The Kier molecular flexibility index (Phi) is 5.93. The molecule has 1 aliphatic heterocycles. The second-order valence-corrected chi connectivity index (χ2v) is 12.6. The molecule has 2 bridgehead atoms. The van der Waals surface area contributed by atoms with E-state index in [4.69, 9.17) is 27.9 Å². The Labute approximate surface area is 263 Å². The van der Waals surface area contributed by atoms with Crippen LogP contribution < -0.4 is 10.1 Å². The fourth-order valence-corrected chi connectivity index (χ4v) is 8.30. The van der Waals surface area contributed by atoms with Crippen molar-refractivity contribution < 1.29 is 19.1 Å². The van der Waals surface area contributed by atoms with Crippen LogP contribution in [0.4, 0.5) is 5.69 Å². The Balaban J connectivity index is 1.02. The minimum atomic E-state index is -1.28. The van der Waals surface area contributed by atoms with Crippen LogP contribution in [-0.4, -0.2) is 29.2 Å². The summed E-state index contributed by atoms with van der Waals surface area (Å²) in [7, 11) is 0. The normalized spacial score (nSPS) is 24.5. The molecular formula is C36H24Cl2N2O4. The number of carbonyl (C=O) groups is 3. The van der Waals surface area contributed by atoms with Crippen LogP contribution in [0.2, 0.25) is 0 Å². The van der Waals surface area contributed by atoms with E-state index in [1.165, 1.54) is 0 Å². The number of hydrogen-bond acceptors (Lipinski definition) is 4. The minimum Gasteiger partial charge on any atom is -0.457 e. The number of carbonyl (C=O) groups excluding carboxylic acids is 3. The first-order valence-electron chi connectivity index (χ1n) is 14.3. The number of nitrogens with zero attached hydrogens (tertiary/aromatic N) is 1. The molecule has 1 fully saturated rings. The SMILES string of the molecule is O=C(CN1C(=O)[C@@H]2[C@@H](C1=O)C1(Cl)c3ccccc3C2(Cl)c2ccccc21)Nc1ccc(Oc2ccc3ccccc3c2)cc1. The number of amides is 3. The molecule has 216 valence electrons. The van der Waals surface area contributed by atoms with Crippen LogP contribution in [0.3, 0.4) is 0 Å². The lowest BCUT2D eigenvalue weighted by Gasteiger charge is -2.54. The van der Waals surface area contributed by atoms with Crippen LogP contribution in [0.1, 0.15) is 22.3 Å². The van der Waals surface area contributed by atoms with Crippen molar-refractivity contribution in [1.29, 1.82) is 0 Å². The van der Waals surface area contributed by atoms with Gasteiger partial charge < -0.3 is 10.1 Å². The summed E-state index contributed by atoms with van der Waals surface area (Å²) in [6, 6.07) is 35.7. The summed E-state index contributed by atoms with van der Waals surface area (Å²) in [5.41, 5.74) is 3.37. The van der Waals surface area contributed by atoms with Gasteiger partial charge in [-0.2, -0.15) is 0 Å². The number of anilines is 1. The highest BCUT2D eigenvalue weighted by Gasteiger charge is 2.73. The maximum atomic E-state index is 14.0. The third-order valence-corrected chi connectivity index (χ3v) is 10.4. The fourth-order valence-electron chi connectivity index (χ4n) is 7.20. The summed E-state index contributed by atoms with van der Waals surface area (Å²) in [5, 5.41) is 4.98. The molecule has 4 aliphatic rings. The molecule has 8 heteroatoms. The molecule has 6 nitrogen and oxygen atoms in total. The summed E-state index contributed by atoms with van der Waals surface area (Å²) in [6.07, 6.45) is 0. The highest BCUT2D eigenvalue weighted by molar-refractivity contribution is 6.36. The maximum absolute atomic E-state index is 14.0. The van der Waals surface area contributed by atoms with Gasteiger partial charge in [0.25, 0.3) is 0 Å². The van der Waals surface area contributed by atoms with Crippen LogP contribution >= 0.6 is 23.2 Å². The molecule has 1 saturated heterocycles. The second kappa shape index (κ2) is 9.68. The second-order valence-electron chi connectivity index (χ2n) is 11.4. The lowest BCUT2D eigenvalue weighted by molar-refractivity contribution is -0.142. The lowest BCUT2D eigenvalue weighted by atomic mass is 9.54. The van der Waals surface area contributed by atoms with E-state index < -0.39 is 45.9 Å². The van der Waals surface area contributed by atoms with E-state index in [0.717, 1.165) is 37.9 Å². The molecule has 3 aliphatic carbocycles. The number of hydrogen-bond donors (Lipinski definition) is 1. The van der Waals surface area contributed by atoms with Crippen molar-refractivity contribution in [3.05, 3.63) is 138 Å². The Bertz CT molecular complexity index is 1900. The third-order valence-electron chi connectivity index (χ3n) is 9.07. The Hall–Kier alpha value is -4.65. The smallest absolute Gasteiger partial charge is 0.244 e. The first-order chi connectivity index (χ1) is 21.3. The maximum Gasteiger partial charge on any atom is 0.244 e. The van der Waals surface area contributed by atoms with Crippen molar-refractivity contribution in [3.63, 3.8) is 0 Å². The van der Waals surface area contributed by atoms with Crippen LogP contribution in [-0.2, 0) is 24.1 Å². The summed E-state index contributed by atoms with van der Waals surface area (Å²) in [5.74, 6) is -2.11. The van der Waals surface area contributed by atoms with Crippen molar-refractivity contribution >= 4 is 57.4 Å². The van der Waals surface area contributed by atoms with Crippen molar-refractivity contribution in [1.82, 2.24) is 4.90 Å². The van der Waals surface area contributed by atoms with Crippen molar-refractivity contribution in [3.8, 4) is 11.5 Å². The van der Waals surface area contributed by atoms with Crippen molar-refractivity contribution in [2.24, 2.45) is 11.8 Å². The van der Waals surface area contributed by atoms with E-state index in [1.807, 2.05) is 91.0 Å². The molecule has 1 heterocycles. The number of fused-ring (bicyclic) bond motifs is 1. The first kappa shape index (κ1) is 26.9. The summed E-state index contributed by atoms with van der Waals surface area (Å²) < 4.78 is 6.00. The van der Waals surface area contributed by atoms with Crippen molar-refractivity contribution in [2.75, 3.05) is 11.9 Å². The third kappa shape index (κ3) is 3.71. The fraction of sp³-hybridized carbons (Fsp3) is 0.139. The number of imide groups is 1. The zero-order chi connectivity index (χ0) is 30.2. The van der Waals surface area contributed by atoms with E-state index in [9.17, 15) is 14.4 Å². The largest absolute Gasteiger partial charge is 0.457 e. The van der Waals surface area contributed by atoms with Gasteiger partial charge in [0, 0.05) is 5.69 Å². The molecule has 2 atom stereocenters. The van der Waals surface area contributed by atoms with Gasteiger partial charge in [0.15, 0.2) is 0 Å². The Morgan fingerprint density at radius 3 is 1.68 bits per heavy atom. The van der Waals surface area contributed by atoms with E-state index in [1.54, 1.807) is 24.3 Å². The zero-order valence-corrected chi connectivity index (χ0v) is 24.7. The molecule has 0 unspecified atom stereocenters. The lowest BCUT2D eigenvalue weighted by Crippen LogP contribution is -2.57. The average Bonchev–Trinajstić information content (AvgIpc) is 3.30. The van der Waals surface area contributed by atoms with Crippen LogP contribution in [0.5, 0.6) is 11.5 Å². The number of ether oxygens (including phenoxy) is 1. The standard InChI is InChI=1S/C36H24Cl2N2O4/c37-35-26-9-3-4-10-27(26)36(38,29-12-6-5-11-28(29)35)32-31(35)33(42)40(34(32)43)20-30(41)39-23-14-17-24(18-15-23)44-25-16-13-21-7-1-2-8-22(21)19-25/h1-19,31-32H,20H2,(H,39,41)/t31-,32-,35?,36?/m0/s1. The minimum absolute atomic E-state index is 0.452. The molecule has 0 aromatic heterocycles. The highest BCUT2D eigenvalue weighted by Crippen LogP contribution is 2.69. The van der Waals surface area contributed by atoms with Gasteiger partial charge in [-0.3, -0.25) is 19.3 Å². The zero-order valence-electron chi connectivity index (χ0n) is 23.2. The summed E-state index contributed by atoms with van der Waals surface area (Å²) in [4.78, 5) is 39.5. The highest BCUT2D eigenvalue weighted by atomic mass is 35.5. The number of likely N-dealkylation sites (tertiary alicyclic amines) is 1. The summed E-state index contributed by atoms with van der Waals surface area (Å²) in [6.45, 7) is -0.452. The first-order valence-corrected chi connectivity index (χ1v) is 15.1. The van der Waals surface area contributed by atoms with Gasteiger partial charge in [-0.25, -0.2) is 0 Å². The predicted octanol–water partition coefficient (Wildman–Crippen LogP) is 7.16. The van der Waals surface area contributed by atoms with Crippen molar-refractivity contribution in [2.45, 2.75) is 9.75 Å². The van der Waals surface area contributed by atoms with Gasteiger partial charge in [-0.05, 0) is 69.4 Å². The van der Waals surface area contributed by atoms with E-state index in [0.29, 0.717) is 17.2 Å². The topological polar surface area (TPSA) is 75.7 Å². The molecule has 0 radical (unpaired) electrons. The number of rotatable bonds is 5. The number of benzene rings is 5. The van der Waals surface area contributed by atoms with Crippen LogP contribution in [0.15, 0.2) is 115 Å². The Morgan fingerprint density at radius 1 is 0.659 bits per heavy atom. The van der Waals surface area contributed by atoms with E-state index in [-0.39, 0.29) is 0 Å². The summed E-state index contributed by atoms with van der Waals surface area (Å²) >= 11 is 14.9. The molecule has 0 saturated carbocycles. The molecule has 1 N–H and O–H groups in total. The van der Waals surface area contributed by atoms with Crippen LogP contribution in [0, 0.1) is 11.8 Å². The van der Waals surface area contributed by atoms with Gasteiger partial charge in [0.2, 0.25) is 17.7 Å².